The Morgan fingerprint density at radius 3 is 2.69 bits per heavy atom. The summed E-state index contributed by atoms with van der Waals surface area (Å²) in [6.07, 6.45) is 9.23. The monoisotopic (exact) mass is 420 g/mol. The maximum absolute atomic E-state index is 12.7. The molecule has 144 valence electrons. The van der Waals surface area contributed by atoms with E-state index >= 15 is 0 Å². The van der Waals surface area contributed by atoms with Crippen LogP contribution in [0.2, 0.25) is 5.02 Å². The first kappa shape index (κ1) is 19.1. The summed E-state index contributed by atoms with van der Waals surface area (Å²) in [7, 11) is 0. The molecular formula is C22H17ClN4OS. The van der Waals surface area contributed by atoms with E-state index in [1.54, 1.807) is 18.5 Å². The summed E-state index contributed by atoms with van der Waals surface area (Å²) in [4.78, 5) is 21.2. The quantitative estimate of drug-likeness (QED) is 0.450. The van der Waals surface area contributed by atoms with E-state index in [0.717, 1.165) is 16.8 Å². The van der Waals surface area contributed by atoms with Crippen LogP contribution in [0.5, 0.6) is 0 Å². The molecule has 0 unspecified atom stereocenters. The summed E-state index contributed by atoms with van der Waals surface area (Å²) in [6, 6.07) is 15.1. The van der Waals surface area contributed by atoms with Gasteiger partial charge in [-0.2, -0.15) is 0 Å². The molecule has 0 radical (unpaired) electrons. The zero-order valence-electron chi connectivity index (χ0n) is 15.3. The van der Waals surface area contributed by atoms with Crippen LogP contribution < -0.4 is 5.32 Å². The highest BCUT2D eigenvalue weighted by atomic mass is 35.5. The van der Waals surface area contributed by atoms with Crippen LogP contribution in [0, 0.1) is 0 Å². The van der Waals surface area contributed by atoms with E-state index in [-0.39, 0.29) is 5.91 Å². The standard InChI is InChI=1S/C22H17ClN4OS/c23-18-6-3-16(4-7-18)5-8-19-15-29-22(25-19)26-21(28)20-2-1-13-27(20)14-17-9-11-24-12-10-17/h1-13,15H,14H2,(H,25,26,28). The van der Waals surface area contributed by atoms with Crippen LogP contribution in [0.25, 0.3) is 12.2 Å². The van der Waals surface area contributed by atoms with Crippen molar-refractivity contribution in [2.45, 2.75) is 6.54 Å². The van der Waals surface area contributed by atoms with E-state index in [9.17, 15) is 4.79 Å². The third-order valence-electron chi connectivity index (χ3n) is 4.22. The Kier molecular flexibility index (Phi) is 5.84. The predicted molar refractivity (Wildman–Crippen MR) is 118 cm³/mol. The average Bonchev–Trinajstić information content (AvgIpc) is 3.38. The zero-order valence-corrected chi connectivity index (χ0v) is 16.9. The average molecular weight is 421 g/mol. The van der Waals surface area contributed by atoms with Crippen LogP contribution >= 0.6 is 22.9 Å². The molecule has 0 saturated carbocycles. The first-order valence-corrected chi connectivity index (χ1v) is 10.2. The fourth-order valence-corrected chi connectivity index (χ4v) is 3.58. The van der Waals surface area contributed by atoms with Gasteiger partial charge in [-0.05, 0) is 53.6 Å². The van der Waals surface area contributed by atoms with Crippen LogP contribution in [0.4, 0.5) is 5.13 Å². The number of hydrogen-bond donors (Lipinski definition) is 1. The van der Waals surface area contributed by atoms with Gasteiger partial charge in [0.25, 0.3) is 5.91 Å². The van der Waals surface area contributed by atoms with Crippen molar-refractivity contribution in [3.05, 3.63) is 100 Å². The summed E-state index contributed by atoms with van der Waals surface area (Å²) in [6.45, 7) is 0.602. The number of aromatic nitrogens is 3. The van der Waals surface area contributed by atoms with E-state index in [1.165, 1.54) is 11.3 Å². The minimum absolute atomic E-state index is 0.188. The summed E-state index contributed by atoms with van der Waals surface area (Å²) in [5, 5.41) is 6.04. The van der Waals surface area contributed by atoms with Gasteiger partial charge in [-0.15, -0.1) is 11.3 Å². The van der Waals surface area contributed by atoms with Crippen LogP contribution in [0.1, 0.15) is 27.3 Å². The molecule has 0 spiro atoms. The van der Waals surface area contributed by atoms with Crippen molar-refractivity contribution in [2.24, 2.45) is 0 Å². The van der Waals surface area contributed by atoms with Gasteiger partial charge in [0.15, 0.2) is 5.13 Å². The number of rotatable bonds is 6. The molecule has 5 nitrogen and oxygen atoms in total. The van der Waals surface area contributed by atoms with Crippen molar-refractivity contribution in [3.8, 4) is 0 Å². The Hall–Kier alpha value is -3.22. The number of benzene rings is 1. The van der Waals surface area contributed by atoms with Crippen LogP contribution in [-0.4, -0.2) is 20.4 Å². The number of carbonyl (C=O) groups excluding carboxylic acids is 1. The van der Waals surface area contributed by atoms with Gasteiger partial charge in [-0.3, -0.25) is 15.1 Å². The number of nitrogens with one attached hydrogen (secondary N) is 1. The van der Waals surface area contributed by atoms with E-state index in [1.807, 2.05) is 70.8 Å². The van der Waals surface area contributed by atoms with Gasteiger partial charge < -0.3 is 4.57 Å². The second kappa shape index (κ2) is 8.86. The lowest BCUT2D eigenvalue weighted by molar-refractivity contribution is 0.101. The maximum Gasteiger partial charge on any atom is 0.274 e. The summed E-state index contributed by atoms with van der Waals surface area (Å²) < 4.78 is 1.90. The molecule has 7 heteroatoms. The third-order valence-corrected chi connectivity index (χ3v) is 5.25. The number of hydrogen-bond acceptors (Lipinski definition) is 4. The predicted octanol–water partition coefficient (Wildman–Crippen LogP) is 5.46. The first-order chi connectivity index (χ1) is 14.2. The molecule has 29 heavy (non-hydrogen) atoms. The number of carbonyl (C=O) groups is 1. The molecule has 0 aliphatic carbocycles. The highest BCUT2D eigenvalue weighted by Crippen LogP contribution is 2.19. The molecule has 1 N–H and O–H groups in total. The largest absolute Gasteiger partial charge is 0.339 e. The van der Waals surface area contributed by atoms with Gasteiger partial charge in [0.05, 0.1) is 5.69 Å². The van der Waals surface area contributed by atoms with E-state index in [0.29, 0.717) is 22.4 Å². The number of halogens is 1. The molecule has 0 aliphatic heterocycles. The van der Waals surface area contributed by atoms with Gasteiger partial charge in [-0.25, -0.2) is 4.98 Å². The van der Waals surface area contributed by atoms with Gasteiger partial charge in [-0.1, -0.05) is 29.8 Å². The Labute approximate surface area is 177 Å². The fraction of sp³-hybridized carbons (Fsp3) is 0.0455. The minimum Gasteiger partial charge on any atom is -0.339 e. The topological polar surface area (TPSA) is 59.8 Å². The van der Waals surface area contributed by atoms with Crippen LogP contribution in [-0.2, 0) is 6.54 Å². The van der Waals surface area contributed by atoms with Gasteiger partial charge in [0.2, 0.25) is 0 Å². The molecule has 0 fully saturated rings. The lowest BCUT2D eigenvalue weighted by atomic mass is 10.2. The number of thiazole rings is 1. The molecular weight excluding hydrogens is 404 g/mol. The molecule has 4 rings (SSSR count). The van der Waals surface area contributed by atoms with Gasteiger partial charge >= 0.3 is 0 Å². The molecule has 1 aromatic carbocycles. The first-order valence-electron chi connectivity index (χ1n) is 8.92. The maximum atomic E-state index is 12.7. The molecule has 0 atom stereocenters. The van der Waals surface area contributed by atoms with Crippen LogP contribution in [0.15, 0.2) is 72.5 Å². The normalized spacial score (nSPS) is 11.1. The fourth-order valence-electron chi connectivity index (χ4n) is 2.78. The smallest absolute Gasteiger partial charge is 0.274 e. The Morgan fingerprint density at radius 2 is 1.90 bits per heavy atom. The van der Waals surface area contributed by atoms with Gasteiger partial charge in [0, 0.05) is 35.5 Å². The second-order valence-corrected chi connectivity index (χ2v) is 7.59. The van der Waals surface area contributed by atoms with E-state index in [4.69, 9.17) is 11.6 Å². The number of amides is 1. The Balaban J connectivity index is 1.42. The summed E-state index contributed by atoms with van der Waals surface area (Å²) >= 11 is 7.29. The molecule has 0 saturated heterocycles. The van der Waals surface area contributed by atoms with Crippen molar-refractivity contribution >= 4 is 46.1 Å². The number of anilines is 1. The second-order valence-electron chi connectivity index (χ2n) is 6.29. The van der Waals surface area contributed by atoms with Crippen molar-refractivity contribution in [3.63, 3.8) is 0 Å². The molecule has 0 aliphatic rings. The third kappa shape index (κ3) is 4.99. The van der Waals surface area contributed by atoms with Crippen LogP contribution in [0.3, 0.4) is 0 Å². The number of nitrogens with zero attached hydrogens (tertiary/aromatic N) is 3. The summed E-state index contributed by atoms with van der Waals surface area (Å²) in [5.41, 5.74) is 3.47. The number of pyridine rings is 1. The van der Waals surface area contributed by atoms with Crippen molar-refractivity contribution in [2.75, 3.05) is 5.32 Å². The summed E-state index contributed by atoms with van der Waals surface area (Å²) in [5.74, 6) is -0.188. The van der Waals surface area contributed by atoms with E-state index < -0.39 is 0 Å². The van der Waals surface area contributed by atoms with Crippen molar-refractivity contribution < 1.29 is 4.79 Å². The lowest BCUT2D eigenvalue weighted by Gasteiger charge is -2.08. The highest BCUT2D eigenvalue weighted by Gasteiger charge is 2.13. The highest BCUT2D eigenvalue weighted by molar-refractivity contribution is 7.14. The lowest BCUT2D eigenvalue weighted by Crippen LogP contribution is -2.17. The molecule has 4 aromatic rings. The molecule has 3 aromatic heterocycles. The van der Waals surface area contributed by atoms with E-state index in [2.05, 4.69) is 15.3 Å². The van der Waals surface area contributed by atoms with Crippen molar-refractivity contribution in [1.82, 2.24) is 14.5 Å². The zero-order chi connectivity index (χ0) is 20.1. The van der Waals surface area contributed by atoms with Gasteiger partial charge in [0.1, 0.15) is 5.69 Å². The molecule has 1 amide bonds. The minimum atomic E-state index is -0.188. The van der Waals surface area contributed by atoms with Crippen molar-refractivity contribution in [1.29, 1.82) is 0 Å². The Bertz CT molecular complexity index is 1130. The Morgan fingerprint density at radius 1 is 1.10 bits per heavy atom. The molecule has 0 bridgehead atoms. The molecule has 3 heterocycles. The SMILES string of the molecule is O=C(Nc1nc(C=Cc2ccc(Cl)cc2)cs1)c1cccn1Cc1ccncc1.